The molecule has 2 aromatic heterocycles. The molecule has 9 heteroatoms. The number of rotatable bonds is 4. The van der Waals surface area contributed by atoms with Crippen LogP contribution in [-0.4, -0.2) is 68.0 Å². The zero-order valence-electron chi connectivity index (χ0n) is 14.6. The van der Waals surface area contributed by atoms with Gasteiger partial charge in [0.15, 0.2) is 5.76 Å². The summed E-state index contributed by atoms with van der Waals surface area (Å²) in [6, 6.07) is 10.9. The first kappa shape index (κ1) is 17.0. The smallest absolute Gasteiger partial charge is 0.289 e. The minimum atomic E-state index is -0.134. The van der Waals surface area contributed by atoms with Crippen molar-refractivity contribution in [3.63, 3.8) is 0 Å². The number of carbonyl (C=O) groups is 2. The van der Waals surface area contributed by atoms with Crippen molar-refractivity contribution in [1.82, 2.24) is 30.0 Å². The second kappa shape index (κ2) is 7.40. The van der Waals surface area contributed by atoms with Gasteiger partial charge in [0.1, 0.15) is 6.33 Å². The van der Waals surface area contributed by atoms with E-state index < -0.39 is 0 Å². The first-order valence-corrected chi connectivity index (χ1v) is 8.63. The number of nitrogens with zero attached hydrogens (tertiary/aromatic N) is 6. The quantitative estimate of drug-likeness (QED) is 0.677. The summed E-state index contributed by atoms with van der Waals surface area (Å²) in [6.07, 6.45) is 3.32. The molecule has 1 aliphatic rings. The van der Waals surface area contributed by atoms with Crippen LogP contribution in [-0.2, 0) is 11.2 Å². The summed E-state index contributed by atoms with van der Waals surface area (Å²) in [5.74, 6) is 0.248. The van der Waals surface area contributed by atoms with E-state index in [-0.39, 0.29) is 11.8 Å². The molecule has 0 N–H and O–H groups in total. The Hall–Kier alpha value is -3.49. The standard InChI is InChI=1S/C18H18N6O3/c25-17(12-14-3-5-15(6-4-14)24-13-19-20-21-24)22-7-9-23(10-8-22)18(26)16-2-1-11-27-16/h1-6,11,13H,7-10,12H2. The Morgan fingerprint density at radius 1 is 1.00 bits per heavy atom. The topological polar surface area (TPSA) is 97.4 Å². The zero-order valence-corrected chi connectivity index (χ0v) is 14.6. The monoisotopic (exact) mass is 366 g/mol. The van der Waals surface area contributed by atoms with E-state index in [1.54, 1.807) is 26.6 Å². The van der Waals surface area contributed by atoms with E-state index in [4.69, 9.17) is 4.42 Å². The molecule has 1 fully saturated rings. The normalized spacial score (nSPS) is 14.4. The van der Waals surface area contributed by atoms with E-state index >= 15 is 0 Å². The van der Waals surface area contributed by atoms with Crippen molar-refractivity contribution in [2.45, 2.75) is 6.42 Å². The lowest BCUT2D eigenvalue weighted by Crippen LogP contribution is -2.50. The Balaban J connectivity index is 1.31. The third-order valence-corrected chi connectivity index (χ3v) is 4.56. The van der Waals surface area contributed by atoms with Crippen LogP contribution in [0.2, 0.25) is 0 Å². The molecule has 9 nitrogen and oxygen atoms in total. The maximum absolute atomic E-state index is 12.6. The molecule has 4 rings (SSSR count). The summed E-state index contributed by atoms with van der Waals surface area (Å²) in [6.45, 7) is 2.05. The second-order valence-electron chi connectivity index (χ2n) is 6.25. The number of hydrogen-bond acceptors (Lipinski definition) is 6. The van der Waals surface area contributed by atoms with Gasteiger partial charge in [-0.05, 0) is 40.3 Å². The van der Waals surface area contributed by atoms with Gasteiger partial charge in [-0.25, -0.2) is 4.68 Å². The van der Waals surface area contributed by atoms with Gasteiger partial charge in [0.2, 0.25) is 5.91 Å². The van der Waals surface area contributed by atoms with Crippen LogP contribution in [0.1, 0.15) is 16.1 Å². The van der Waals surface area contributed by atoms with Gasteiger partial charge in [-0.2, -0.15) is 0 Å². The molecule has 27 heavy (non-hydrogen) atoms. The second-order valence-corrected chi connectivity index (χ2v) is 6.25. The highest BCUT2D eigenvalue weighted by Crippen LogP contribution is 2.12. The molecule has 3 heterocycles. The van der Waals surface area contributed by atoms with E-state index in [2.05, 4.69) is 15.5 Å². The van der Waals surface area contributed by atoms with Crippen LogP contribution < -0.4 is 0 Å². The fourth-order valence-corrected chi connectivity index (χ4v) is 3.05. The summed E-state index contributed by atoms with van der Waals surface area (Å²) in [5.41, 5.74) is 1.76. The van der Waals surface area contributed by atoms with Gasteiger partial charge >= 0.3 is 0 Å². The predicted molar refractivity (Wildman–Crippen MR) is 94.0 cm³/mol. The Kier molecular flexibility index (Phi) is 4.65. The molecule has 0 aliphatic carbocycles. The van der Waals surface area contributed by atoms with Crippen LogP contribution in [0.25, 0.3) is 5.69 Å². The van der Waals surface area contributed by atoms with Crippen molar-refractivity contribution in [2.75, 3.05) is 26.2 Å². The molecule has 1 aromatic carbocycles. The van der Waals surface area contributed by atoms with Gasteiger partial charge < -0.3 is 14.2 Å². The molecule has 0 bridgehead atoms. The summed E-state index contributed by atoms with van der Waals surface area (Å²) in [7, 11) is 0. The largest absolute Gasteiger partial charge is 0.459 e. The van der Waals surface area contributed by atoms with Crippen molar-refractivity contribution in [3.05, 3.63) is 60.3 Å². The van der Waals surface area contributed by atoms with Crippen LogP contribution in [0, 0.1) is 0 Å². The summed E-state index contributed by atoms with van der Waals surface area (Å²) in [4.78, 5) is 28.3. The number of piperazine rings is 1. The first-order chi connectivity index (χ1) is 13.2. The third-order valence-electron chi connectivity index (χ3n) is 4.56. The van der Waals surface area contributed by atoms with Crippen molar-refractivity contribution >= 4 is 11.8 Å². The van der Waals surface area contributed by atoms with Crippen molar-refractivity contribution in [1.29, 1.82) is 0 Å². The van der Waals surface area contributed by atoms with E-state index in [9.17, 15) is 9.59 Å². The van der Waals surface area contributed by atoms with Gasteiger partial charge in [0, 0.05) is 26.2 Å². The molecule has 1 aliphatic heterocycles. The highest BCUT2D eigenvalue weighted by molar-refractivity contribution is 5.91. The molecule has 2 amide bonds. The zero-order chi connectivity index (χ0) is 18.6. The SMILES string of the molecule is O=C(Cc1ccc(-n2cnnn2)cc1)N1CCN(C(=O)c2ccco2)CC1. The van der Waals surface area contributed by atoms with Crippen molar-refractivity contribution in [3.8, 4) is 5.69 Å². The van der Waals surface area contributed by atoms with Gasteiger partial charge in [-0.3, -0.25) is 9.59 Å². The van der Waals surface area contributed by atoms with Gasteiger partial charge in [-0.1, -0.05) is 12.1 Å². The molecule has 0 saturated carbocycles. The summed E-state index contributed by atoms with van der Waals surface area (Å²) < 4.78 is 6.71. The highest BCUT2D eigenvalue weighted by atomic mass is 16.3. The van der Waals surface area contributed by atoms with Crippen LogP contribution in [0.4, 0.5) is 0 Å². The maximum atomic E-state index is 12.6. The lowest BCUT2D eigenvalue weighted by molar-refractivity contribution is -0.131. The first-order valence-electron chi connectivity index (χ1n) is 8.63. The molecule has 0 radical (unpaired) electrons. The van der Waals surface area contributed by atoms with Crippen LogP contribution in [0.15, 0.2) is 53.4 Å². The predicted octanol–water partition coefficient (Wildman–Crippen LogP) is 0.782. The van der Waals surface area contributed by atoms with Crippen LogP contribution in [0.5, 0.6) is 0 Å². The average Bonchev–Trinajstić information content (AvgIpc) is 3.42. The minimum Gasteiger partial charge on any atom is -0.459 e. The van der Waals surface area contributed by atoms with E-state index in [0.29, 0.717) is 38.4 Å². The maximum Gasteiger partial charge on any atom is 0.289 e. The number of benzene rings is 1. The molecule has 138 valence electrons. The molecule has 3 aromatic rings. The molecular formula is C18H18N6O3. The fraction of sp³-hybridized carbons (Fsp3) is 0.278. The number of aromatic nitrogens is 4. The number of hydrogen-bond donors (Lipinski definition) is 0. The van der Waals surface area contributed by atoms with Crippen molar-refractivity contribution < 1.29 is 14.0 Å². The molecular weight excluding hydrogens is 348 g/mol. The number of tetrazole rings is 1. The lowest BCUT2D eigenvalue weighted by atomic mass is 10.1. The van der Waals surface area contributed by atoms with Gasteiger partial charge in [-0.15, -0.1) is 5.10 Å². The Morgan fingerprint density at radius 3 is 2.37 bits per heavy atom. The molecule has 1 saturated heterocycles. The molecule has 0 spiro atoms. The highest BCUT2D eigenvalue weighted by Gasteiger charge is 2.25. The van der Waals surface area contributed by atoms with Crippen LogP contribution >= 0.6 is 0 Å². The number of carbonyl (C=O) groups excluding carboxylic acids is 2. The Morgan fingerprint density at radius 2 is 1.74 bits per heavy atom. The van der Waals surface area contributed by atoms with E-state index in [1.807, 2.05) is 24.3 Å². The summed E-state index contributed by atoms with van der Waals surface area (Å²) in [5, 5.41) is 11.0. The van der Waals surface area contributed by atoms with Gasteiger partial charge in [0.05, 0.1) is 18.4 Å². The minimum absolute atomic E-state index is 0.0512. The number of furan rings is 1. The average molecular weight is 366 g/mol. The lowest BCUT2D eigenvalue weighted by Gasteiger charge is -2.34. The third kappa shape index (κ3) is 3.71. The Labute approximate surface area is 155 Å². The Bertz CT molecular complexity index is 897. The van der Waals surface area contributed by atoms with Crippen molar-refractivity contribution in [2.24, 2.45) is 0 Å². The van der Waals surface area contributed by atoms with E-state index in [0.717, 1.165) is 11.3 Å². The van der Waals surface area contributed by atoms with Gasteiger partial charge in [0.25, 0.3) is 5.91 Å². The van der Waals surface area contributed by atoms with E-state index in [1.165, 1.54) is 12.6 Å². The van der Waals surface area contributed by atoms with Crippen LogP contribution in [0.3, 0.4) is 0 Å². The number of amides is 2. The molecule has 0 atom stereocenters. The fourth-order valence-electron chi connectivity index (χ4n) is 3.05. The summed E-state index contributed by atoms with van der Waals surface area (Å²) >= 11 is 0. The molecule has 0 unspecified atom stereocenters.